The highest BCUT2D eigenvalue weighted by molar-refractivity contribution is 5.04. The Morgan fingerprint density at radius 2 is 2.26 bits per heavy atom. The third kappa shape index (κ3) is 3.00. The maximum atomic E-state index is 5.39. The molecular formula is C15H25N3O. The van der Waals surface area contributed by atoms with E-state index in [1.807, 2.05) is 6.92 Å². The Morgan fingerprint density at radius 1 is 1.47 bits per heavy atom. The van der Waals surface area contributed by atoms with Gasteiger partial charge in [0.1, 0.15) is 0 Å². The number of hydrogen-bond acceptors (Lipinski definition) is 4. The molecule has 4 heteroatoms. The molecule has 3 rings (SSSR count). The highest BCUT2D eigenvalue weighted by Crippen LogP contribution is 2.35. The average molecular weight is 263 g/mol. The Kier molecular flexibility index (Phi) is 3.63. The minimum absolute atomic E-state index is 0.598. The summed E-state index contributed by atoms with van der Waals surface area (Å²) in [6.07, 6.45) is 2.80. The number of rotatable bonds is 4. The fourth-order valence-electron chi connectivity index (χ4n) is 3.20. The SMILES string of the molecule is Cc1cc(CN2CC(C3CC3)NCC2C(C)C)on1. The van der Waals surface area contributed by atoms with E-state index in [1.54, 1.807) is 0 Å². The predicted octanol–water partition coefficient (Wildman–Crippen LogP) is 2.19. The van der Waals surface area contributed by atoms with Gasteiger partial charge in [0.2, 0.25) is 0 Å². The smallest absolute Gasteiger partial charge is 0.150 e. The Morgan fingerprint density at radius 3 is 2.84 bits per heavy atom. The van der Waals surface area contributed by atoms with Crippen LogP contribution in [0.2, 0.25) is 0 Å². The Hall–Kier alpha value is -0.870. The van der Waals surface area contributed by atoms with E-state index in [0.29, 0.717) is 18.0 Å². The number of nitrogens with one attached hydrogen (secondary N) is 1. The van der Waals surface area contributed by atoms with E-state index < -0.39 is 0 Å². The van der Waals surface area contributed by atoms with Crippen molar-refractivity contribution in [3.05, 3.63) is 17.5 Å². The normalized spacial score (nSPS) is 29.1. The van der Waals surface area contributed by atoms with Gasteiger partial charge < -0.3 is 9.84 Å². The fourth-order valence-corrected chi connectivity index (χ4v) is 3.20. The number of piperazine rings is 1. The van der Waals surface area contributed by atoms with Crippen molar-refractivity contribution < 1.29 is 4.52 Å². The molecule has 0 spiro atoms. The van der Waals surface area contributed by atoms with Crippen LogP contribution < -0.4 is 5.32 Å². The van der Waals surface area contributed by atoms with E-state index >= 15 is 0 Å². The van der Waals surface area contributed by atoms with Gasteiger partial charge in [0, 0.05) is 31.2 Å². The number of aryl methyl sites for hydroxylation is 1. The van der Waals surface area contributed by atoms with Gasteiger partial charge in [0.15, 0.2) is 5.76 Å². The standard InChI is InChI=1S/C15H25N3O/c1-10(2)15-7-16-14(12-4-5-12)9-18(15)8-13-6-11(3)17-19-13/h6,10,12,14-16H,4-5,7-9H2,1-3H3. The van der Waals surface area contributed by atoms with Crippen molar-refractivity contribution in [3.63, 3.8) is 0 Å². The first-order chi connectivity index (χ1) is 9.13. The van der Waals surface area contributed by atoms with Crippen LogP contribution in [0.25, 0.3) is 0 Å². The van der Waals surface area contributed by atoms with Gasteiger partial charge in [-0.15, -0.1) is 0 Å². The van der Waals surface area contributed by atoms with Crippen LogP contribution in [0.5, 0.6) is 0 Å². The third-order valence-corrected chi connectivity index (χ3v) is 4.49. The molecule has 106 valence electrons. The molecule has 4 nitrogen and oxygen atoms in total. The molecule has 1 aromatic rings. The lowest BCUT2D eigenvalue weighted by atomic mass is 9.97. The van der Waals surface area contributed by atoms with Crippen molar-refractivity contribution in [2.45, 2.75) is 52.2 Å². The summed E-state index contributed by atoms with van der Waals surface area (Å²) in [6.45, 7) is 9.75. The monoisotopic (exact) mass is 263 g/mol. The van der Waals surface area contributed by atoms with E-state index in [9.17, 15) is 0 Å². The molecule has 1 aliphatic carbocycles. The zero-order valence-corrected chi connectivity index (χ0v) is 12.2. The highest BCUT2D eigenvalue weighted by Gasteiger charge is 2.38. The second-order valence-electron chi connectivity index (χ2n) is 6.53. The van der Waals surface area contributed by atoms with Crippen LogP contribution >= 0.6 is 0 Å². The van der Waals surface area contributed by atoms with Crippen molar-refractivity contribution in [1.82, 2.24) is 15.4 Å². The molecule has 0 bridgehead atoms. The molecule has 0 radical (unpaired) electrons. The highest BCUT2D eigenvalue weighted by atomic mass is 16.5. The first-order valence-corrected chi connectivity index (χ1v) is 7.53. The number of hydrogen-bond donors (Lipinski definition) is 1. The quantitative estimate of drug-likeness (QED) is 0.904. The van der Waals surface area contributed by atoms with Crippen molar-refractivity contribution in [2.24, 2.45) is 11.8 Å². The molecule has 1 N–H and O–H groups in total. The third-order valence-electron chi connectivity index (χ3n) is 4.49. The van der Waals surface area contributed by atoms with Gasteiger partial charge in [0.05, 0.1) is 12.2 Å². The summed E-state index contributed by atoms with van der Waals surface area (Å²) in [6, 6.07) is 3.34. The molecular weight excluding hydrogens is 238 g/mol. The van der Waals surface area contributed by atoms with E-state index in [1.165, 1.54) is 12.8 Å². The van der Waals surface area contributed by atoms with Gasteiger partial charge in [-0.25, -0.2) is 0 Å². The summed E-state index contributed by atoms with van der Waals surface area (Å²) >= 11 is 0. The topological polar surface area (TPSA) is 41.3 Å². The van der Waals surface area contributed by atoms with E-state index in [-0.39, 0.29) is 0 Å². The van der Waals surface area contributed by atoms with Gasteiger partial charge in [-0.05, 0) is 31.6 Å². The van der Waals surface area contributed by atoms with Crippen LogP contribution in [-0.2, 0) is 6.54 Å². The Balaban J connectivity index is 1.69. The van der Waals surface area contributed by atoms with Gasteiger partial charge in [0.25, 0.3) is 0 Å². The van der Waals surface area contributed by atoms with Crippen LogP contribution in [0.15, 0.2) is 10.6 Å². The minimum atomic E-state index is 0.598. The Labute approximate surface area is 115 Å². The maximum absolute atomic E-state index is 5.39. The number of aromatic nitrogens is 1. The molecule has 2 atom stereocenters. The molecule has 2 fully saturated rings. The van der Waals surface area contributed by atoms with Crippen LogP contribution in [0.4, 0.5) is 0 Å². The first-order valence-electron chi connectivity index (χ1n) is 7.53. The van der Waals surface area contributed by atoms with Gasteiger partial charge in [-0.1, -0.05) is 19.0 Å². The fraction of sp³-hybridized carbons (Fsp3) is 0.800. The van der Waals surface area contributed by atoms with Gasteiger partial charge in [-0.3, -0.25) is 4.90 Å². The summed E-state index contributed by atoms with van der Waals surface area (Å²) in [5, 5.41) is 7.75. The van der Waals surface area contributed by atoms with E-state index in [0.717, 1.165) is 37.0 Å². The predicted molar refractivity (Wildman–Crippen MR) is 74.8 cm³/mol. The summed E-state index contributed by atoms with van der Waals surface area (Å²) in [5.74, 6) is 2.57. The molecule has 1 saturated carbocycles. The molecule has 1 saturated heterocycles. The van der Waals surface area contributed by atoms with Crippen LogP contribution in [0, 0.1) is 18.8 Å². The molecule has 2 unspecified atom stereocenters. The second-order valence-corrected chi connectivity index (χ2v) is 6.53. The largest absolute Gasteiger partial charge is 0.360 e. The van der Waals surface area contributed by atoms with Crippen molar-refractivity contribution in [3.8, 4) is 0 Å². The average Bonchev–Trinajstić information content (AvgIpc) is 3.14. The molecule has 2 heterocycles. The lowest BCUT2D eigenvalue weighted by molar-refractivity contribution is 0.0764. The van der Waals surface area contributed by atoms with Crippen LogP contribution in [-0.4, -0.2) is 35.2 Å². The lowest BCUT2D eigenvalue weighted by Gasteiger charge is -2.42. The van der Waals surface area contributed by atoms with E-state index in [4.69, 9.17) is 4.52 Å². The summed E-state index contributed by atoms with van der Waals surface area (Å²) in [5.41, 5.74) is 0.977. The van der Waals surface area contributed by atoms with Crippen LogP contribution in [0.1, 0.15) is 38.1 Å². The number of nitrogens with zero attached hydrogens (tertiary/aromatic N) is 2. The van der Waals surface area contributed by atoms with Crippen molar-refractivity contribution >= 4 is 0 Å². The molecule has 2 aliphatic rings. The molecule has 0 aromatic carbocycles. The van der Waals surface area contributed by atoms with Crippen molar-refractivity contribution in [1.29, 1.82) is 0 Å². The van der Waals surface area contributed by atoms with E-state index in [2.05, 4.69) is 35.3 Å². The lowest BCUT2D eigenvalue weighted by Crippen LogP contribution is -2.58. The van der Waals surface area contributed by atoms with Crippen molar-refractivity contribution in [2.75, 3.05) is 13.1 Å². The second kappa shape index (κ2) is 5.25. The van der Waals surface area contributed by atoms with Gasteiger partial charge >= 0.3 is 0 Å². The summed E-state index contributed by atoms with van der Waals surface area (Å²) in [7, 11) is 0. The van der Waals surface area contributed by atoms with Gasteiger partial charge in [-0.2, -0.15) is 0 Å². The first kappa shape index (κ1) is 13.1. The molecule has 19 heavy (non-hydrogen) atoms. The summed E-state index contributed by atoms with van der Waals surface area (Å²) < 4.78 is 5.39. The zero-order valence-electron chi connectivity index (χ0n) is 12.2. The molecule has 0 amide bonds. The summed E-state index contributed by atoms with van der Waals surface area (Å²) in [4.78, 5) is 2.59. The minimum Gasteiger partial charge on any atom is -0.360 e. The zero-order chi connectivity index (χ0) is 13.4. The molecule has 1 aliphatic heterocycles. The van der Waals surface area contributed by atoms with Crippen LogP contribution in [0.3, 0.4) is 0 Å². The Bertz CT molecular complexity index is 425. The maximum Gasteiger partial charge on any atom is 0.150 e. The molecule has 1 aromatic heterocycles.